The van der Waals surface area contributed by atoms with Crippen molar-refractivity contribution in [2.45, 2.75) is 38.7 Å². The van der Waals surface area contributed by atoms with Gasteiger partial charge < -0.3 is 14.8 Å². The third-order valence-electron chi connectivity index (χ3n) is 4.24. The lowest BCUT2D eigenvalue weighted by Gasteiger charge is -2.16. The van der Waals surface area contributed by atoms with Gasteiger partial charge in [0.15, 0.2) is 5.78 Å². The van der Waals surface area contributed by atoms with Crippen LogP contribution in [0.5, 0.6) is 5.75 Å². The Hall–Kier alpha value is -2.18. The summed E-state index contributed by atoms with van der Waals surface area (Å²) in [6.45, 7) is 3.23. The second kappa shape index (κ2) is 8.96. The summed E-state index contributed by atoms with van der Waals surface area (Å²) in [6, 6.07) is 9.27. The van der Waals surface area contributed by atoms with Gasteiger partial charge in [0.1, 0.15) is 12.4 Å². The van der Waals surface area contributed by atoms with E-state index in [4.69, 9.17) is 9.47 Å². The number of Topliss-reactive ketones (excluding diaryl/α,β-unsaturated/α-hetero) is 1. The average Bonchev–Trinajstić information content (AvgIpc) is 3.33. The molecule has 26 heavy (non-hydrogen) atoms. The minimum absolute atomic E-state index is 0.00564. The molecule has 5 nitrogen and oxygen atoms in total. The summed E-state index contributed by atoms with van der Waals surface area (Å²) in [6.07, 6.45) is 2.52. The predicted molar refractivity (Wildman–Crippen MR) is 102 cm³/mol. The lowest BCUT2D eigenvalue weighted by molar-refractivity contribution is -0.116. The minimum atomic E-state index is -0.194. The Bertz CT molecular complexity index is 751. The van der Waals surface area contributed by atoms with E-state index in [1.165, 1.54) is 11.3 Å². The van der Waals surface area contributed by atoms with Crippen LogP contribution in [0.1, 0.15) is 40.9 Å². The Labute approximate surface area is 157 Å². The molecule has 1 atom stereocenters. The Balaban J connectivity index is 1.55. The van der Waals surface area contributed by atoms with E-state index in [0.29, 0.717) is 22.9 Å². The van der Waals surface area contributed by atoms with Crippen molar-refractivity contribution in [2.75, 3.05) is 18.5 Å². The van der Waals surface area contributed by atoms with Crippen LogP contribution in [0.3, 0.4) is 0 Å². The fraction of sp³-hybridized carbons (Fsp3) is 0.400. The molecule has 0 unspecified atom stereocenters. The van der Waals surface area contributed by atoms with Crippen LogP contribution < -0.4 is 10.1 Å². The molecule has 0 saturated carbocycles. The van der Waals surface area contributed by atoms with Gasteiger partial charge in [-0.2, -0.15) is 0 Å². The minimum Gasteiger partial charge on any atom is -0.489 e. The summed E-state index contributed by atoms with van der Waals surface area (Å²) >= 11 is 1.40. The monoisotopic (exact) mass is 373 g/mol. The van der Waals surface area contributed by atoms with Crippen molar-refractivity contribution in [1.29, 1.82) is 0 Å². The van der Waals surface area contributed by atoms with Crippen molar-refractivity contribution in [3.05, 3.63) is 46.2 Å². The van der Waals surface area contributed by atoms with E-state index in [9.17, 15) is 9.59 Å². The number of hydrogen-bond donors (Lipinski definition) is 1. The number of anilines is 1. The van der Waals surface area contributed by atoms with E-state index in [1.54, 1.807) is 6.07 Å². The molecule has 1 saturated heterocycles. The fourth-order valence-corrected chi connectivity index (χ4v) is 3.51. The molecule has 1 aromatic heterocycles. The van der Waals surface area contributed by atoms with Crippen molar-refractivity contribution < 1.29 is 19.1 Å². The van der Waals surface area contributed by atoms with E-state index in [0.717, 1.165) is 25.0 Å². The van der Waals surface area contributed by atoms with Crippen molar-refractivity contribution in [2.24, 2.45) is 0 Å². The molecule has 3 rings (SSSR count). The molecule has 1 aliphatic rings. The molecule has 1 aliphatic heterocycles. The maximum absolute atomic E-state index is 12.2. The molecule has 0 spiro atoms. The van der Waals surface area contributed by atoms with Crippen LogP contribution in [0.25, 0.3) is 0 Å². The molecular formula is C20H23NO4S. The second-order valence-corrected chi connectivity index (χ2v) is 7.34. The maximum atomic E-state index is 12.2. The van der Waals surface area contributed by atoms with Gasteiger partial charge in [-0.1, -0.05) is 12.1 Å². The van der Waals surface area contributed by atoms with Crippen LogP contribution in [0.15, 0.2) is 35.7 Å². The molecule has 0 radical (unpaired) electrons. The van der Waals surface area contributed by atoms with Crippen LogP contribution in [-0.2, 0) is 9.53 Å². The van der Waals surface area contributed by atoms with Crippen molar-refractivity contribution in [3.63, 3.8) is 0 Å². The first-order chi connectivity index (χ1) is 12.6. The van der Waals surface area contributed by atoms with Gasteiger partial charge in [-0.25, -0.2) is 0 Å². The highest BCUT2D eigenvalue weighted by Crippen LogP contribution is 2.27. The Morgan fingerprint density at radius 3 is 2.92 bits per heavy atom. The summed E-state index contributed by atoms with van der Waals surface area (Å²) in [7, 11) is 0. The topological polar surface area (TPSA) is 64.6 Å². The number of ether oxygens (including phenoxy) is 2. The number of rotatable bonds is 8. The smallest absolute Gasteiger partial charge is 0.224 e. The van der Waals surface area contributed by atoms with Crippen LogP contribution >= 0.6 is 11.3 Å². The molecular weight excluding hydrogens is 350 g/mol. The zero-order valence-corrected chi connectivity index (χ0v) is 15.6. The highest BCUT2D eigenvalue weighted by molar-refractivity contribution is 7.12. The quantitative estimate of drug-likeness (QED) is 0.704. The lowest BCUT2D eigenvalue weighted by Crippen LogP contribution is -2.18. The Kier molecular flexibility index (Phi) is 6.41. The van der Waals surface area contributed by atoms with E-state index in [1.807, 2.05) is 36.6 Å². The number of ketones is 1. The summed E-state index contributed by atoms with van der Waals surface area (Å²) in [5.74, 6) is 0.438. The van der Waals surface area contributed by atoms with E-state index < -0.39 is 0 Å². The first-order valence-electron chi connectivity index (χ1n) is 8.83. The van der Waals surface area contributed by atoms with E-state index in [-0.39, 0.29) is 30.6 Å². The number of aryl methyl sites for hydroxylation is 1. The van der Waals surface area contributed by atoms with Crippen molar-refractivity contribution in [1.82, 2.24) is 0 Å². The van der Waals surface area contributed by atoms with Gasteiger partial charge in [0, 0.05) is 19.4 Å². The SMILES string of the molecule is Cc1ccc(NC(=O)CCC(=O)c2cccs2)c(OC[C@H]2CCCO2)c1. The first kappa shape index (κ1) is 18.6. The predicted octanol–water partition coefficient (Wildman–Crippen LogP) is 4.22. The van der Waals surface area contributed by atoms with Gasteiger partial charge in [0.2, 0.25) is 5.91 Å². The van der Waals surface area contributed by atoms with Crippen LogP contribution in [0, 0.1) is 6.92 Å². The highest BCUT2D eigenvalue weighted by Gasteiger charge is 2.17. The third kappa shape index (κ3) is 5.16. The van der Waals surface area contributed by atoms with Crippen LogP contribution in [0.2, 0.25) is 0 Å². The number of carbonyl (C=O) groups excluding carboxylic acids is 2. The average molecular weight is 373 g/mol. The van der Waals surface area contributed by atoms with E-state index >= 15 is 0 Å². The third-order valence-corrected chi connectivity index (χ3v) is 5.15. The van der Waals surface area contributed by atoms with Crippen LogP contribution in [0.4, 0.5) is 5.69 Å². The van der Waals surface area contributed by atoms with Gasteiger partial charge >= 0.3 is 0 Å². The first-order valence-corrected chi connectivity index (χ1v) is 9.71. The number of benzene rings is 1. The normalized spacial score (nSPS) is 16.4. The van der Waals surface area contributed by atoms with Gasteiger partial charge in [0.25, 0.3) is 0 Å². The number of nitrogens with one attached hydrogen (secondary N) is 1. The lowest BCUT2D eigenvalue weighted by atomic mass is 10.1. The summed E-state index contributed by atoms with van der Waals surface area (Å²) in [5, 5.41) is 4.72. The summed E-state index contributed by atoms with van der Waals surface area (Å²) in [4.78, 5) is 24.9. The zero-order chi connectivity index (χ0) is 18.4. The number of hydrogen-bond acceptors (Lipinski definition) is 5. The van der Waals surface area contributed by atoms with E-state index in [2.05, 4.69) is 5.32 Å². The standard InChI is InChI=1S/C20H23NO4S/c1-14-6-7-16(18(12-14)25-13-15-4-2-10-24-15)21-20(23)9-8-17(22)19-5-3-11-26-19/h3,5-7,11-12,15H,2,4,8-10,13H2,1H3,(H,21,23)/t15-/m1/s1. The number of amides is 1. The molecule has 1 amide bonds. The molecule has 0 bridgehead atoms. The summed E-state index contributed by atoms with van der Waals surface area (Å²) in [5.41, 5.74) is 1.68. The van der Waals surface area contributed by atoms with Crippen molar-refractivity contribution >= 4 is 28.7 Å². The molecule has 6 heteroatoms. The fourth-order valence-electron chi connectivity index (χ4n) is 2.81. The van der Waals surface area contributed by atoms with Gasteiger partial charge in [-0.3, -0.25) is 9.59 Å². The summed E-state index contributed by atoms with van der Waals surface area (Å²) < 4.78 is 11.5. The molecule has 1 aromatic carbocycles. The molecule has 2 aromatic rings. The largest absolute Gasteiger partial charge is 0.489 e. The number of carbonyl (C=O) groups is 2. The molecule has 1 N–H and O–H groups in total. The Morgan fingerprint density at radius 1 is 1.31 bits per heavy atom. The molecule has 2 heterocycles. The highest BCUT2D eigenvalue weighted by atomic mass is 32.1. The van der Waals surface area contributed by atoms with Gasteiger partial charge in [0.05, 0.1) is 16.7 Å². The molecule has 138 valence electrons. The zero-order valence-electron chi connectivity index (χ0n) is 14.8. The molecule has 0 aliphatic carbocycles. The van der Waals surface area contributed by atoms with Gasteiger partial charge in [-0.05, 0) is 48.9 Å². The Morgan fingerprint density at radius 2 is 2.19 bits per heavy atom. The number of thiophene rings is 1. The van der Waals surface area contributed by atoms with Crippen molar-refractivity contribution in [3.8, 4) is 5.75 Å². The van der Waals surface area contributed by atoms with Gasteiger partial charge in [-0.15, -0.1) is 11.3 Å². The second-order valence-electron chi connectivity index (χ2n) is 6.39. The molecule has 1 fully saturated rings. The van der Waals surface area contributed by atoms with Crippen LogP contribution in [-0.4, -0.2) is 31.0 Å². The maximum Gasteiger partial charge on any atom is 0.224 e.